The molecular formula is C21H20ClFN4O2S. The van der Waals surface area contributed by atoms with Crippen molar-refractivity contribution < 1.29 is 14.0 Å². The normalized spacial score (nSPS) is 11.3. The van der Waals surface area contributed by atoms with Crippen molar-refractivity contribution in [2.24, 2.45) is 0 Å². The highest BCUT2D eigenvalue weighted by molar-refractivity contribution is 7.18. The summed E-state index contributed by atoms with van der Waals surface area (Å²) in [6.45, 7) is 7.78. The zero-order valence-electron chi connectivity index (χ0n) is 16.8. The second-order valence-electron chi connectivity index (χ2n) is 7.70. The van der Waals surface area contributed by atoms with E-state index in [2.05, 4.69) is 20.6 Å². The Morgan fingerprint density at radius 1 is 1.07 bits per heavy atom. The third-order valence-corrected chi connectivity index (χ3v) is 5.58. The number of halogens is 2. The van der Waals surface area contributed by atoms with Crippen LogP contribution in [0.15, 0.2) is 36.7 Å². The summed E-state index contributed by atoms with van der Waals surface area (Å²) in [6, 6.07) is 5.23. The fourth-order valence-electron chi connectivity index (χ4n) is 2.59. The van der Waals surface area contributed by atoms with Crippen molar-refractivity contribution in [3.63, 3.8) is 0 Å². The van der Waals surface area contributed by atoms with Gasteiger partial charge in [-0.1, -0.05) is 32.4 Å². The molecule has 0 radical (unpaired) electrons. The standard InChI is InChI=1S/C21H20ClFN4O2S/c1-11-7-16(27-18(28)14-6-5-12(23)8-15(14)22)30-17(11)19(29)26-13-9-24-20(25-10-13)21(2,3)4/h5-10H,1-4H3,(H,26,29)(H,27,28). The van der Waals surface area contributed by atoms with Crippen molar-refractivity contribution in [1.82, 2.24) is 9.97 Å². The maximum absolute atomic E-state index is 13.2. The molecule has 0 unspecified atom stereocenters. The molecule has 0 atom stereocenters. The number of hydrogen-bond acceptors (Lipinski definition) is 5. The molecule has 9 heteroatoms. The number of thiophene rings is 1. The summed E-state index contributed by atoms with van der Waals surface area (Å²) >= 11 is 7.06. The number of hydrogen-bond donors (Lipinski definition) is 2. The molecule has 0 aliphatic heterocycles. The first-order chi connectivity index (χ1) is 14.0. The number of aromatic nitrogens is 2. The number of nitrogens with zero attached hydrogens (tertiary/aromatic N) is 2. The van der Waals surface area contributed by atoms with Crippen LogP contribution >= 0.6 is 22.9 Å². The van der Waals surface area contributed by atoms with Gasteiger partial charge in [0.05, 0.1) is 38.5 Å². The van der Waals surface area contributed by atoms with E-state index in [9.17, 15) is 14.0 Å². The van der Waals surface area contributed by atoms with Crippen LogP contribution in [0.3, 0.4) is 0 Å². The lowest BCUT2D eigenvalue weighted by Gasteiger charge is -2.16. The van der Waals surface area contributed by atoms with Gasteiger partial charge >= 0.3 is 0 Å². The highest BCUT2D eigenvalue weighted by Gasteiger charge is 2.19. The Balaban J connectivity index is 1.72. The van der Waals surface area contributed by atoms with Crippen LogP contribution < -0.4 is 10.6 Å². The van der Waals surface area contributed by atoms with Gasteiger partial charge in [0.1, 0.15) is 11.6 Å². The predicted molar refractivity (Wildman–Crippen MR) is 117 cm³/mol. The molecule has 0 aliphatic carbocycles. The van der Waals surface area contributed by atoms with Crippen LogP contribution in [0, 0.1) is 12.7 Å². The molecule has 6 nitrogen and oxygen atoms in total. The maximum atomic E-state index is 13.2. The first kappa shape index (κ1) is 21.9. The van der Waals surface area contributed by atoms with E-state index in [1.54, 1.807) is 25.4 Å². The van der Waals surface area contributed by atoms with Gasteiger partial charge in [-0.25, -0.2) is 14.4 Å². The van der Waals surface area contributed by atoms with E-state index in [4.69, 9.17) is 11.6 Å². The van der Waals surface area contributed by atoms with Crippen molar-refractivity contribution in [3.05, 3.63) is 69.3 Å². The van der Waals surface area contributed by atoms with E-state index in [0.29, 0.717) is 27.0 Å². The largest absolute Gasteiger partial charge is 0.319 e. The van der Waals surface area contributed by atoms with Crippen LogP contribution in [0.5, 0.6) is 0 Å². The van der Waals surface area contributed by atoms with E-state index in [0.717, 1.165) is 23.5 Å². The number of nitrogens with one attached hydrogen (secondary N) is 2. The quantitative estimate of drug-likeness (QED) is 0.558. The Morgan fingerprint density at radius 3 is 2.33 bits per heavy atom. The molecule has 2 N–H and O–H groups in total. The van der Waals surface area contributed by atoms with Gasteiger partial charge in [0.25, 0.3) is 11.8 Å². The van der Waals surface area contributed by atoms with Crippen molar-refractivity contribution in [2.45, 2.75) is 33.1 Å². The van der Waals surface area contributed by atoms with Crippen LogP contribution in [-0.4, -0.2) is 21.8 Å². The fraction of sp³-hybridized carbons (Fsp3) is 0.238. The van der Waals surface area contributed by atoms with Crippen molar-refractivity contribution in [2.75, 3.05) is 10.6 Å². The Hall–Kier alpha value is -2.84. The molecule has 0 saturated carbocycles. The number of benzene rings is 1. The van der Waals surface area contributed by atoms with Gasteiger partial charge in [-0.2, -0.15) is 0 Å². The number of aryl methyl sites for hydroxylation is 1. The highest BCUT2D eigenvalue weighted by Crippen LogP contribution is 2.29. The molecule has 3 rings (SSSR count). The molecule has 2 heterocycles. The molecule has 3 aromatic rings. The minimum atomic E-state index is -0.526. The number of carbonyl (C=O) groups excluding carboxylic acids is 2. The van der Waals surface area contributed by atoms with Crippen LogP contribution in [0.25, 0.3) is 0 Å². The Bertz CT molecular complexity index is 1110. The third kappa shape index (κ3) is 5.01. The van der Waals surface area contributed by atoms with Crippen molar-refractivity contribution in [1.29, 1.82) is 0 Å². The van der Waals surface area contributed by atoms with E-state index < -0.39 is 11.7 Å². The minimum Gasteiger partial charge on any atom is -0.319 e. The van der Waals surface area contributed by atoms with Crippen LogP contribution in [0.2, 0.25) is 5.02 Å². The van der Waals surface area contributed by atoms with E-state index >= 15 is 0 Å². The molecule has 30 heavy (non-hydrogen) atoms. The Labute approximate surface area is 182 Å². The van der Waals surface area contributed by atoms with Gasteiger partial charge < -0.3 is 10.6 Å². The summed E-state index contributed by atoms with van der Waals surface area (Å²) in [6.07, 6.45) is 3.13. The molecule has 2 aromatic heterocycles. The van der Waals surface area contributed by atoms with Gasteiger partial charge in [-0.15, -0.1) is 11.3 Å². The Morgan fingerprint density at radius 2 is 1.73 bits per heavy atom. The van der Waals surface area contributed by atoms with Crippen LogP contribution in [0.1, 0.15) is 52.2 Å². The van der Waals surface area contributed by atoms with Gasteiger partial charge in [-0.05, 0) is 36.8 Å². The predicted octanol–water partition coefficient (Wildman–Crippen LogP) is 5.44. The summed E-state index contributed by atoms with van der Waals surface area (Å²) < 4.78 is 13.2. The van der Waals surface area contributed by atoms with Crippen molar-refractivity contribution >= 4 is 45.4 Å². The fourth-order valence-corrected chi connectivity index (χ4v) is 3.81. The molecule has 0 fully saturated rings. The average molecular weight is 447 g/mol. The SMILES string of the molecule is Cc1cc(NC(=O)c2ccc(F)cc2Cl)sc1C(=O)Nc1cnc(C(C)(C)C)nc1. The monoisotopic (exact) mass is 446 g/mol. The lowest BCUT2D eigenvalue weighted by molar-refractivity contribution is 0.102. The molecule has 1 aromatic carbocycles. The summed E-state index contributed by atoms with van der Waals surface area (Å²) in [5.74, 6) is -0.663. The molecule has 0 aliphatic rings. The molecule has 0 bridgehead atoms. The van der Waals surface area contributed by atoms with E-state index in [-0.39, 0.29) is 21.9 Å². The smallest absolute Gasteiger partial charge is 0.266 e. The molecule has 156 valence electrons. The third-order valence-electron chi connectivity index (χ3n) is 4.12. The summed E-state index contributed by atoms with van der Waals surface area (Å²) in [5, 5.41) is 5.94. The second kappa shape index (κ2) is 8.49. The first-order valence-electron chi connectivity index (χ1n) is 9.05. The second-order valence-corrected chi connectivity index (χ2v) is 9.16. The van der Waals surface area contributed by atoms with Crippen molar-refractivity contribution in [3.8, 4) is 0 Å². The molecular weight excluding hydrogens is 427 g/mol. The van der Waals surface area contributed by atoms with Crippen LogP contribution in [0.4, 0.5) is 15.1 Å². The number of rotatable bonds is 4. The minimum absolute atomic E-state index is 0.0115. The zero-order chi connectivity index (χ0) is 22.1. The number of carbonyl (C=O) groups is 2. The number of amides is 2. The average Bonchev–Trinajstić information content (AvgIpc) is 3.01. The zero-order valence-corrected chi connectivity index (χ0v) is 18.4. The van der Waals surface area contributed by atoms with E-state index in [1.807, 2.05) is 20.8 Å². The topological polar surface area (TPSA) is 84.0 Å². The first-order valence-corrected chi connectivity index (χ1v) is 10.2. The molecule has 0 spiro atoms. The Kier molecular flexibility index (Phi) is 6.19. The van der Waals surface area contributed by atoms with Crippen LogP contribution in [-0.2, 0) is 5.41 Å². The molecule has 2 amide bonds. The van der Waals surface area contributed by atoms with Gasteiger partial charge in [0.15, 0.2) is 0 Å². The number of anilines is 2. The summed E-state index contributed by atoms with van der Waals surface area (Å²) in [5.41, 5.74) is 1.13. The van der Waals surface area contributed by atoms with Gasteiger partial charge in [0, 0.05) is 5.41 Å². The summed E-state index contributed by atoms with van der Waals surface area (Å²) in [7, 11) is 0. The molecule has 0 saturated heterocycles. The maximum Gasteiger partial charge on any atom is 0.266 e. The van der Waals surface area contributed by atoms with Gasteiger partial charge in [-0.3, -0.25) is 9.59 Å². The van der Waals surface area contributed by atoms with Gasteiger partial charge in [0.2, 0.25) is 0 Å². The lowest BCUT2D eigenvalue weighted by atomic mass is 9.96. The summed E-state index contributed by atoms with van der Waals surface area (Å²) in [4.78, 5) is 34.1. The lowest BCUT2D eigenvalue weighted by Crippen LogP contribution is -2.17. The van der Waals surface area contributed by atoms with E-state index in [1.165, 1.54) is 6.07 Å². The highest BCUT2D eigenvalue weighted by atomic mass is 35.5.